The molecule has 0 saturated heterocycles. The Balaban J connectivity index is 1.46. The highest BCUT2D eigenvalue weighted by molar-refractivity contribution is 6.03. The zero-order valence-corrected chi connectivity index (χ0v) is 13.3. The minimum absolute atomic E-state index is 0.324. The summed E-state index contributed by atoms with van der Waals surface area (Å²) >= 11 is 0. The Hall–Kier alpha value is -3.53. The number of carbonyl (C=O) groups excluding carboxylic acids is 1. The summed E-state index contributed by atoms with van der Waals surface area (Å²) in [6.45, 7) is 0. The average molecular weight is 329 g/mol. The SMILES string of the molecule is O=C1OC(=CNc2ccc(Oc3ccccc3)cc2)c2ccccc21. The van der Waals surface area contributed by atoms with E-state index < -0.39 is 0 Å². The molecule has 1 N–H and O–H groups in total. The zero-order valence-electron chi connectivity index (χ0n) is 13.3. The highest BCUT2D eigenvalue weighted by Crippen LogP contribution is 2.29. The number of rotatable bonds is 4. The molecule has 4 heteroatoms. The minimum atomic E-state index is -0.324. The first-order valence-corrected chi connectivity index (χ1v) is 7.91. The van der Waals surface area contributed by atoms with E-state index in [1.807, 2.05) is 72.8 Å². The van der Waals surface area contributed by atoms with Gasteiger partial charge in [0.25, 0.3) is 0 Å². The van der Waals surface area contributed by atoms with Crippen LogP contribution in [0.15, 0.2) is 85.1 Å². The number of hydrogen-bond donors (Lipinski definition) is 1. The lowest BCUT2D eigenvalue weighted by atomic mass is 10.1. The van der Waals surface area contributed by atoms with Crippen LogP contribution < -0.4 is 10.1 Å². The van der Waals surface area contributed by atoms with Crippen molar-refractivity contribution in [1.29, 1.82) is 0 Å². The van der Waals surface area contributed by atoms with E-state index in [1.54, 1.807) is 12.3 Å². The van der Waals surface area contributed by atoms with E-state index in [9.17, 15) is 4.79 Å². The predicted octanol–water partition coefficient (Wildman–Crippen LogP) is 5.06. The largest absolute Gasteiger partial charge is 0.457 e. The van der Waals surface area contributed by atoms with E-state index in [2.05, 4.69) is 5.32 Å². The third kappa shape index (κ3) is 3.23. The second-order valence-corrected chi connectivity index (χ2v) is 5.53. The molecule has 4 rings (SSSR count). The van der Waals surface area contributed by atoms with Gasteiger partial charge in [-0.1, -0.05) is 36.4 Å². The van der Waals surface area contributed by atoms with Crippen LogP contribution in [-0.2, 0) is 4.74 Å². The summed E-state index contributed by atoms with van der Waals surface area (Å²) in [6, 6.07) is 24.5. The van der Waals surface area contributed by atoms with Crippen molar-refractivity contribution >= 4 is 17.4 Å². The van der Waals surface area contributed by atoms with Crippen molar-refractivity contribution in [2.24, 2.45) is 0 Å². The molecular formula is C21H15NO3. The lowest BCUT2D eigenvalue weighted by Crippen LogP contribution is -1.94. The summed E-state index contributed by atoms with van der Waals surface area (Å²) in [5.74, 6) is 1.74. The van der Waals surface area contributed by atoms with Crippen molar-refractivity contribution in [2.45, 2.75) is 0 Å². The maximum atomic E-state index is 11.8. The van der Waals surface area contributed by atoms with Gasteiger partial charge in [0.15, 0.2) is 5.76 Å². The van der Waals surface area contributed by atoms with Gasteiger partial charge in [-0.15, -0.1) is 0 Å². The Morgan fingerprint density at radius 2 is 1.40 bits per heavy atom. The second kappa shape index (κ2) is 6.53. The smallest absolute Gasteiger partial charge is 0.344 e. The molecule has 0 fully saturated rings. The molecule has 0 radical (unpaired) electrons. The molecule has 0 aliphatic carbocycles. The molecule has 0 aromatic heterocycles. The standard InChI is InChI=1S/C21H15NO3/c23-21-19-9-5-4-8-18(19)20(25-21)14-22-15-10-12-17(13-11-15)24-16-6-2-1-3-7-16/h1-14,22H. The summed E-state index contributed by atoms with van der Waals surface area (Å²) in [6.07, 6.45) is 1.69. The third-order valence-electron chi connectivity index (χ3n) is 3.82. The van der Waals surface area contributed by atoms with E-state index in [-0.39, 0.29) is 5.97 Å². The molecule has 3 aromatic carbocycles. The van der Waals surface area contributed by atoms with Crippen LogP contribution in [0.4, 0.5) is 5.69 Å². The van der Waals surface area contributed by atoms with Crippen molar-refractivity contribution in [1.82, 2.24) is 0 Å². The van der Waals surface area contributed by atoms with Crippen LogP contribution in [0.1, 0.15) is 15.9 Å². The minimum Gasteiger partial charge on any atom is -0.457 e. The molecule has 25 heavy (non-hydrogen) atoms. The average Bonchev–Trinajstić information content (AvgIpc) is 2.98. The molecule has 0 spiro atoms. The Morgan fingerprint density at radius 1 is 0.760 bits per heavy atom. The van der Waals surface area contributed by atoms with Crippen molar-refractivity contribution in [2.75, 3.05) is 5.32 Å². The van der Waals surface area contributed by atoms with E-state index >= 15 is 0 Å². The number of ether oxygens (including phenoxy) is 2. The molecule has 122 valence electrons. The first-order valence-electron chi connectivity index (χ1n) is 7.91. The van der Waals surface area contributed by atoms with E-state index in [4.69, 9.17) is 9.47 Å². The van der Waals surface area contributed by atoms with Gasteiger partial charge in [-0.05, 0) is 42.5 Å². The van der Waals surface area contributed by atoms with E-state index in [0.717, 1.165) is 22.7 Å². The molecule has 3 aromatic rings. The van der Waals surface area contributed by atoms with Gasteiger partial charge in [0.05, 0.1) is 5.56 Å². The molecule has 0 amide bonds. The maximum Gasteiger partial charge on any atom is 0.344 e. The molecule has 1 aliphatic rings. The first kappa shape index (κ1) is 15.0. The number of benzene rings is 3. The number of cyclic esters (lactones) is 1. The summed E-state index contributed by atoms with van der Waals surface area (Å²) in [5, 5.41) is 3.14. The van der Waals surface area contributed by atoms with E-state index in [1.165, 1.54) is 0 Å². The number of fused-ring (bicyclic) bond motifs is 1. The van der Waals surface area contributed by atoms with Crippen LogP contribution in [0.25, 0.3) is 5.76 Å². The van der Waals surface area contributed by atoms with Gasteiger partial charge in [0.1, 0.15) is 11.5 Å². The van der Waals surface area contributed by atoms with Gasteiger partial charge >= 0.3 is 5.97 Å². The lowest BCUT2D eigenvalue weighted by Gasteiger charge is -2.07. The van der Waals surface area contributed by atoms with Crippen LogP contribution in [0.3, 0.4) is 0 Å². The van der Waals surface area contributed by atoms with Crippen LogP contribution in [0.5, 0.6) is 11.5 Å². The normalized spacial score (nSPS) is 14.1. The molecule has 1 aliphatic heterocycles. The first-order chi connectivity index (χ1) is 12.3. The predicted molar refractivity (Wildman–Crippen MR) is 96.4 cm³/mol. The Labute approximate surface area is 145 Å². The number of esters is 1. The highest BCUT2D eigenvalue weighted by atomic mass is 16.5. The topological polar surface area (TPSA) is 47.6 Å². The Morgan fingerprint density at radius 3 is 2.16 bits per heavy atom. The van der Waals surface area contributed by atoms with Crippen molar-refractivity contribution in [3.63, 3.8) is 0 Å². The number of nitrogens with one attached hydrogen (secondary N) is 1. The second-order valence-electron chi connectivity index (χ2n) is 5.53. The summed E-state index contributed by atoms with van der Waals surface area (Å²) < 4.78 is 11.1. The van der Waals surface area contributed by atoms with Crippen LogP contribution in [-0.4, -0.2) is 5.97 Å². The van der Waals surface area contributed by atoms with Crippen molar-refractivity contribution in [3.05, 3.63) is 96.2 Å². The summed E-state index contributed by atoms with van der Waals surface area (Å²) in [5.41, 5.74) is 2.25. The molecule has 0 bridgehead atoms. The molecule has 0 atom stereocenters. The molecule has 4 nitrogen and oxygen atoms in total. The fraction of sp³-hybridized carbons (Fsp3) is 0. The van der Waals surface area contributed by atoms with Crippen LogP contribution in [0.2, 0.25) is 0 Å². The Kier molecular flexibility index (Phi) is 3.92. The maximum absolute atomic E-state index is 11.8. The summed E-state index contributed by atoms with van der Waals surface area (Å²) in [7, 11) is 0. The fourth-order valence-corrected chi connectivity index (χ4v) is 2.59. The number of anilines is 1. The zero-order chi connectivity index (χ0) is 17.1. The van der Waals surface area contributed by atoms with Gasteiger partial charge in [-0.3, -0.25) is 0 Å². The van der Waals surface area contributed by atoms with Gasteiger partial charge in [-0.2, -0.15) is 0 Å². The van der Waals surface area contributed by atoms with Gasteiger partial charge in [0.2, 0.25) is 0 Å². The van der Waals surface area contributed by atoms with Gasteiger partial charge < -0.3 is 14.8 Å². The molecule has 0 unspecified atom stereocenters. The lowest BCUT2D eigenvalue weighted by molar-refractivity contribution is 0.0715. The molecule has 0 saturated carbocycles. The fourth-order valence-electron chi connectivity index (χ4n) is 2.59. The van der Waals surface area contributed by atoms with E-state index in [0.29, 0.717) is 11.3 Å². The van der Waals surface area contributed by atoms with Crippen molar-refractivity contribution < 1.29 is 14.3 Å². The van der Waals surface area contributed by atoms with Gasteiger partial charge in [0, 0.05) is 17.5 Å². The monoisotopic (exact) mass is 329 g/mol. The quantitative estimate of drug-likeness (QED) is 0.680. The molecule has 1 heterocycles. The van der Waals surface area contributed by atoms with Crippen molar-refractivity contribution in [3.8, 4) is 11.5 Å². The third-order valence-corrected chi connectivity index (χ3v) is 3.82. The molecular weight excluding hydrogens is 314 g/mol. The Bertz CT molecular complexity index is 931. The summed E-state index contributed by atoms with van der Waals surface area (Å²) in [4.78, 5) is 11.8. The van der Waals surface area contributed by atoms with Crippen LogP contribution in [0, 0.1) is 0 Å². The highest BCUT2D eigenvalue weighted by Gasteiger charge is 2.25. The number of hydrogen-bond acceptors (Lipinski definition) is 4. The number of carbonyl (C=O) groups is 1. The number of para-hydroxylation sites is 1. The van der Waals surface area contributed by atoms with Gasteiger partial charge in [-0.25, -0.2) is 4.79 Å². The van der Waals surface area contributed by atoms with Crippen LogP contribution >= 0.6 is 0 Å².